The van der Waals surface area contributed by atoms with Gasteiger partial charge in [-0.1, -0.05) is 53.6 Å². The molecule has 1 nitrogen and oxygen atoms in total. The Balaban J connectivity index is 1.95. The average Bonchev–Trinajstić information content (AvgIpc) is 2.34. The molecule has 0 radical (unpaired) electrons. The van der Waals surface area contributed by atoms with Crippen LogP contribution >= 0.6 is 11.6 Å². The van der Waals surface area contributed by atoms with Gasteiger partial charge in [0, 0.05) is 5.02 Å². The molecule has 0 aromatic heterocycles. The molecule has 18 heavy (non-hydrogen) atoms. The second-order valence-electron chi connectivity index (χ2n) is 4.51. The third-order valence-corrected chi connectivity index (χ3v) is 3.34. The molecule has 0 heterocycles. The lowest BCUT2D eigenvalue weighted by Crippen LogP contribution is -1.97. The summed E-state index contributed by atoms with van der Waals surface area (Å²) in [6.45, 7) is 5.38. The second kappa shape index (κ2) is 6.03. The van der Waals surface area contributed by atoms with Gasteiger partial charge in [0.15, 0.2) is 0 Å². The molecule has 0 atom stereocenters. The van der Waals surface area contributed by atoms with E-state index < -0.39 is 0 Å². The van der Waals surface area contributed by atoms with Crippen molar-refractivity contribution >= 4 is 11.6 Å². The van der Waals surface area contributed by atoms with Crippen LogP contribution in [-0.4, -0.2) is 0 Å². The monoisotopic (exact) mass is 260 g/mol. The van der Waals surface area contributed by atoms with Gasteiger partial charge < -0.3 is 4.74 Å². The highest BCUT2D eigenvalue weighted by molar-refractivity contribution is 6.31. The SMILES string of the molecule is Cc1ccc(COCc2ccccc2Cl)c(C)c1. The number of rotatable bonds is 4. The molecule has 0 aliphatic rings. The Morgan fingerprint density at radius 3 is 2.39 bits per heavy atom. The predicted molar refractivity (Wildman–Crippen MR) is 75.9 cm³/mol. The Labute approximate surface area is 113 Å². The van der Waals surface area contributed by atoms with E-state index in [0.717, 1.165) is 10.6 Å². The van der Waals surface area contributed by atoms with Gasteiger partial charge in [-0.2, -0.15) is 0 Å². The molecule has 0 spiro atoms. The van der Waals surface area contributed by atoms with Gasteiger partial charge in [-0.15, -0.1) is 0 Å². The molecular weight excluding hydrogens is 244 g/mol. The maximum Gasteiger partial charge on any atom is 0.0735 e. The van der Waals surface area contributed by atoms with Crippen molar-refractivity contribution in [2.75, 3.05) is 0 Å². The molecule has 2 rings (SSSR count). The predicted octanol–water partition coefficient (Wildman–Crippen LogP) is 4.67. The molecule has 0 unspecified atom stereocenters. The minimum absolute atomic E-state index is 0.549. The van der Waals surface area contributed by atoms with E-state index >= 15 is 0 Å². The summed E-state index contributed by atoms with van der Waals surface area (Å²) in [5.41, 5.74) is 4.81. The summed E-state index contributed by atoms with van der Waals surface area (Å²) in [6, 6.07) is 14.2. The smallest absolute Gasteiger partial charge is 0.0735 e. The summed E-state index contributed by atoms with van der Waals surface area (Å²) in [5, 5.41) is 0.762. The van der Waals surface area contributed by atoms with Crippen LogP contribution in [0.5, 0.6) is 0 Å². The maximum atomic E-state index is 6.08. The maximum absolute atomic E-state index is 6.08. The Kier molecular flexibility index (Phi) is 4.40. The first-order chi connectivity index (χ1) is 8.66. The van der Waals surface area contributed by atoms with Crippen LogP contribution in [0.25, 0.3) is 0 Å². The molecule has 0 N–H and O–H groups in total. The van der Waals surface area contributed by atoms with Crippen molar-refractivity contribution in [1.82, 2.24) is 0 Å². The number of hydrogen-bond donors (Lipinski definition) is 0. The van der Waals surface area contributed by atoms with Crippen molar-refractivity contribution in [1.29, 1.82) is 0 Å². The van der Waals surface area contributed by atoms with Crippen molar-refractivity contribution in [3.63, 3.8) is 0 Å². The Hall–Kier alpha value is -1.31. The molecule has 0 amide bonds. The topological polar surface area (TPSA) is 9.23 Å². The van der Waals surface area contributed by atoms with Gasteiger partial charge in [-0.3, -0.25) is 0 Å². The lowest BCUT2D eigenvalue weighted by atomic mass is 10.1. The minimum Gasteiger partial charge on any atom is -0.372 e. The zero-order chi connectivity index (χ0) is 13.0. The summed E-state index contributed by atoms with van der Waals surface area (Å²) < 4.78 is 5.72. The lowest BCUT2D eigenvalue weighted by Gasteiger charge is -2.09. The van der Waals surface area contributed by atoms with Crippen LogP contribution in [0.1, 0.15) is 22.3 Å². The molecule has 94 valence electrons. The molecule has 0 saturated carbocycles. The highest BCUT2D eigenvalue weighted by atomic mass is 35.5. The van der Waals surface area contributed by atoms with Crippen LogP contribution in [0.3, 0.4) is 0 Å². The molecule has 0 aliphatic carbocycles. The first-order valence-corrected chi connectivity index (χ1v) is 6.42. The fourth-order valence-corrected chi connectivity index (χ4v) is 2.08. The van der Waals surface area contributed by atoms with Crippen molar-refractivity contribution in [2.24, 2.45) is 0 Å². The fourth-order valence-electron chi connectivity index (χ4n) is 1.89. The van der Waals surface area contributed by atoms with E-state index in [2.05, 4.69) is 32.0 Å². The summed E-state index contributed by atoms with van der Waals surface area (Å²) in [7, 11) is 0. The summed E-state index contributed by atoms with van der Waals surface area (Å²) in [6.07, 6.45) is 0. The largest absolute Gasteiger partial charge is 0.372 e. The van der Waals surface area contributed by atoms with E-state index in [0.29, 0.717) is 13.2 Å². The third kappa shape index (κ3) is 3.34. The molecule has 2 heteroatoms. The van der Waals surface area contributed by atoms with E-state index in [1.54, 1.807) is 0 Å². The second-order valence-corrected chi connectivity index (χ2v) is 4.92. The molecule has 0 aliphatic heterocycles. The molecular formula is C16H17ClO. The standard InChI is InChI=1S/C16H17ClO/c1-12-7-8-14(13(2)9-12)10-18-11-15-5-3-4-6-16(15)17/h3-9H,10-11H2,1-2H3. The van der Waals surface area contributed by atoms with Crippen LogP contribution < -0.4 is 0 Å². The zero-order valence-corrected chi connectivity index (χ0v) is 11.5. The van der Waals surface area contributed by atoms with Crippen LogP contribution in [0.2, 0.25) is 5.02 Å². The first-order valence-electron chi connectivity index (χ1n) is 6.04. The van der Waals surface area contributed by atoms with Gasteiger partial charge in [0.25, 0.3) is 0 Å². The van der Waals surface area contributed by atoms with Crippen molar-refractivity contribution in [2.45, 2.75) is 27.1 Å². The lowest BCUT2D eigenvalue weighted by molar-refractivity contribution is 0.107. The number of benzene rings is 2. The van der Waals surface area contributed by atoms with Crippen molar-refractivity contribution in [3.8, 4) is 0 Å². The molecule has 0 saturated heterocycles. The van der Waals surface area contributed by atoms with Crippen LogP contribution in [0.15, 0.2) is 42.5 Å². The number of hydrogen-bond acceptors (Lipinski definition) is 1. The molecule has 0 fully saturated rings. The van der Waals surface area contributed by atoms with Gasteiger partial charge in [-0.05, 0) is 36.6 Å². The fraction of sp³-hybridized carbons (Fsp3) is 0.250. The average molecular weight is 261 g/mol. The van der Waals surface area contributed by atoms with Crippen molar-refractivity contribution < 1.29 is 4.74 Å². The van der Waals surface area contributed by atoms with Crippen LogP contribution in [-0.2, 0) is 18.0 Å². The van der Waals surface area contributed by atoms with Gasteiger partial charge in [0.05, 0.1) is 13.2 Å². The summed E-state index contributed by atoms with van der Waals surface area (Å²) >= 11 is 6.08. The van der Waals surface area contributed by atoms with Crippen molar-refractivity contribution in [3.05, 3.63) is 69.7 Å². The Morgan fingerprint density at radius 1 is 0.944 bits per heavy atom. The number of ether oxygens (including phenoxy) is 1. The first kappa shape index (κ1) is 13.1. The highest BCUT2D eigenvalue weighted by Gasteiger charge is 2.01. The van der Waals surface area contributed by atoms with E-state index in [4.69, 9.17) is 16.3 Å². The number of aryl methyl sites for hydroxylation is 2. The molecule has 2 aromatic carbocycles. The van der Waals surface area contributed by atoms with E-state index in [1.807, 2.05) is 24.3 Å². The van der Waals surface area contributed by atoms with Gasteiger partial charge in [0.2, 0.25) is 0 Å². The quantitative estimate of drug-likeness (QED) is 0.776. The normalized spacial score (nSPS) is 10.6. The minimum atomic E-state index is 0.549. The van der Waals surface area contributed by atoms with E-state index in [1.165, 1.54) is 16.7 Å². The molecule has 0 bridgehead atoms. The number of halogens is 1. The van der Waals surface area contributed by atoms with E-state index in [-0.39, 0.29) is 0 Å². The third-order valence-electron chi connectivity index (χ3n) is 2.97. The van der Waals surface area contributed by atoms with Gasteiger partial charge in [0.1, 0.15) is 0 Å². The van der Waals surface area contributed by atoms with Crippen LogP contribution in [0.4, 0.5) is 0 Å². The van der Waals surface area contributed by atoms with Gasteiger partial charge in [-0.25, -0.2) is 0 Å². The van der Waals surface area contributed by atoms with Crippen LogP contribution in [0, 0.1) is 13.8 Å². The summed E-state index contributed by atoms with van der Waals surface area (Å²) in [5.74, 6) is 0. The highest BCUT2D eigenvalue weighted by Crippen LogP contribution is 2.17. The Morgan fingerprint density at radius 2 is 1.67 bits per heavy atom. The summed E-state index contributed by atoms with van der Waals surface area (Å²) in [4.78, 5) is 0. The Bertz CT molecular complexity index is 534. The van der Waals surface area contributed by atoms with E-state index in [9.17, 15) is 0 Å². The van der Waals surface area contributed by atoms with Gasteiger partial charge >= 0.3 is 0 Å². The zero-order valence-electron chi connectivity index (χ0n) is 10.7. The molecule has 2 aromatic rings.